The summed E-state index contributed by atoms with van der Waals surface area (Å²) in [5, 5.41) is 6.17. The van der Waals surface area contributed by atoms with Gasteiger partial charge in [-0.15, -0.1) is 0 Å². The highest BCUT2D eigenvalue weighted by molar-refractivity contribution is 5.90. The first-order valence-corrected chi connectivity index (χ1v) is 13.1. The predicted octanol–water partition coefficient (Wildman–Crippen LogP) is 2.75. The highest BCUT2D eigenvalue weighted by atomic mass is 16.2. The molecular formula is C27H42N4O2. The lowest BCUT2D eigenvalue weighted by Gasteiger charge is -2.36. The molecule has 1 aliphatic carbocycles. The molecule has 1 aromatic carbocycles. The highest BCUT2D eigenvalue weighted by Gasteiger charge is 2.39. The van der Waals surface area contributed by atoms with E-state index in [0.717, 1.165) is 77.5 Å². The number of fused-ring (bicyclic) bond motifs is 1. The number of carbonyl (C=O) groups is 2. The third-order valence-corrected chi connectivity index (χ3v) is 8.15. The van der Waals surface area contributed by atoms with Crippen LogP contribution in [0.1, 0.15) is 63.0 Å². The number of likely N-dealkylation sites (tertiary alicyclic amines) is 1. The summed E-state index contributed by atoms with van der Waals surface area (Å²) >= 11 is 0. The lowest BCUT2D eigenvalue weighted by molar-refractivity contribution is -0.139. The molecule has 2 heterocycles. The lowest BCUT2D eigenvalue weighted by Crippen LogP contribution is -2.57. The number of carbonyl (C=O) groups excluding carboxylic acids is 2. The Morgan fingerprint density at radius 1 is 0.970 bits per heavy atom. The van der Waals surface area contributed by atoms with Crippen LogP contribution in [-0.4, -0.2) is 73.0 Å². The van der Waals surface area contributed by atoms with E-state index in [1.807, 2.05) is 6.92 Å². The van der Waals surface area contributed by atoms with Crippen molar-refractivity contribution in [2.24, 2.45) is 5.92 Å². The molecule has 3 aliphatic rings. The second kappa shape index (κ2) is 11.5. The van der Waals surface area contributed by atoms with Crippen LogP contribution in [0.15, 0.2) is 24.3 Å². The molecule has 2 N–H and O–H groups in total. The summed E-state index contributed by atoms with van der Waals surface area (Å²) in [4.78, 5) is 31.3. The van der Waals surface area contributed by atoms with Crippen LogP contribution < -0.4 is 10.6 Å². The van der Waals surface area contributed by atoms with Gasteiger partial charge in [0.15, 0.2) is 0 Å². The van der Waals surface area contributed by atoms with Crippen LogP contribution in [0.4, 0.5) is 0 Å². The zero-order chi connectivity index (χ0) is 23.2. The van der Waals surface area contributed by atoms with Crippen LogP contribution in [0.25, 0.3) is 0 Å². The van der Waals surface area contributed by atoms with Crippen molar-refractivity contribution in [1.29, 1.82) is 0 Å². The van der Waals surface area contributed by atoms with Crippen molar-refractivity contribution < 1.29 is 9.59 Å². The number of hydrogen-bond donors (Lipinski definition) is 2. The zero-order valence-corrected chi connectivity index (χ0v) is 20.5. The van der Waals surface area contributed by atoms with Crippen molar-refractivity contribution >= 4 is 11.8 Å². The first-order chi connectivity index (χ1) is 16.1. The topological polar surface area (TPSA) is 64.7 Å². The molecule has 6 heteroatoms. The molecule has 3 atom stereocenters. The molecule has 0 bridgehead atoms. The van der Waals surface area contributed by atoms with Gasteiger partial charge in [-0.1, -0.05) is 43.5 Å². The molecule has 0 radical (unpaired) electrons. The minimum absolute atomic E-state index is 0.0672. The Bertz CT molecular complexity index is 780. The van der Waals surface area contributed by atoms with E-state index in [2.05, 4.69) is 44.7 Å². The summed E-state index contributed by atoms with van der Waals surface area (Å²) < 4.78 is 0. The molecule has 2 amide bonds. The van der Waals surface area contributed by atoms with Gasteiger partial charge in [0.25, 0.3) is 0 Å². The first kappa shape index (κ1) is 24.2. The molecule has 0 aromatic heterocycles. The van der Waals surface area contributed by atoms with Gasteiger partial charge in [0, 0.05) is 32.2 Å². The van der Waals surface area contributed by atoms with Gasteiger partial charge in [-0.05, 0) is 69.5 Å². The Balaban J connectivity index is 1.42. The van der Waals surface area contributed by atoms with E-state index < -0.39 is 0 Å². The van der Waals surface area contributed by atoms with Gasteiger partial charge in [-0.2, -0.15) is 0 Å². The molecule has 6 nitrogen and oxygen atoms in total. The third kappa shape index (κ3) is 5.96. The van der Waals surface area contributed by atoms with E-state index in [9.17, 15) is 9.59 Å². The van der Waals surface area contributed by atoms with Crippen molar-refractivity contribution in [3.05, 3.63) is 35.4 Å². The fourth-order valence-electron chi connectivity index (χ4n) is 5.95. The van der Waals surface area contributed by atoms with Gasteiger partial charge < -0.3 is 20.4 Å². The van der Waals surface area contributed by atoms with Crippen LogP contribution in [0.3, 0.4) is 0 Å². The summed E-state index contributed by atoms with van der Waals surface area (Å²) in [6.07, 6.45) is 9.91. The fourth-order valence-corrected chi connectivity index (χ4v) is 5.95. The largest absolute Gasteiger partial charge is 0.343 e. The van der Waals surface area contributed by atoms with Crippen LogP contribution in [0.5, 0.6) is 0 Å². The van der Waals surface area contributed by atoms with Gasteiger partial charge >= 0.3 is 0 Å². The van der Waals surface area contributed by atoms with E-state index in [0.29, 0.717) is 0 Å². The zero-order valence-electron chi connectivity index (χ0n) is 20.5. The smallest absolute Gasteiger partial charge is 0.245 e. The molecule has 33 heavy (non-hydrogen) atoms. The molecule has 2 aliphatic heterocycles. The van der Waals surface area contributed by atoms with E-state index in [1.54, 1.807) is 7.05 Å². The molecule has 1 saturated carbocycles. The van der Waals surface area contributed by atoms with Crippen molar-refractivity contribution in [1.82, 2.24) is 20.4 Å². The van der Waals surface area contributed by atoms with Gasteiger partial charge in [0.1, 0.15) is 6.04 Å². The number of rotatable bonds is 7. The van der Waals surface area contributed by atoms with Crippen molar-refractivity contribution in [2.75, 3.05) is 33.2 Å². The summed E-state index contributed by atoms with van der Waals surface area (Å²) in [5.74, 6) is 0.342. The molecule has 182 valence electrons. The van der Waals surface area contributed by atoms with E-state index in [4.69, 9.17) is 0 Å². The summed E-state index contributed by atoms with van der Waals surface area (Å²) in [6, 6.07) is 8.37. The molecule has 2 fully saturated rings. The Labute approximate surface area is 199 Å². The number of benzene rings is 1. The van der Waals surface area contributed by atoms with Crippen LogP contribution in [-0.2, 0) is 22.4 Å². The normalized spacial score (nSPS) is 24.1. The Morgan fingerprint density at radius 3 is 2.27 bits per heavy atom. The Hall–Kier alpha value is -1.92. The molecule has 1 aromatic rings. The third-order valence-electron chi connectivity index (χ3n) is 8.15. The summed E-state index contributed by atoms with van der Waals surface area (Å²) in [7, 11) is 1.79. The van der Waals surface area contributed by atoms with Gasteiger partial charge in [-0.3, -0.25) is 9.59 Å². The van der Waals surface area contributed by atoms with Gasteiger partial charge in [-0.25, -0.2) is 0 Å². The van der Waals surface area contributed by atoms with E-state index in [1.165, 1.54) is 17.5 Å². The molecule has 0 spiro atoms. The molecule has 0 unspecified atom stereocenters. The number of nitrogens with zero attached hydrogens (tertiary/aromatic N) is 2. The second-order valence-electron chi connectivity index (χ2n) is 10.3. The maximum Gasteiger partial charge on any atom is 0.245 e. The molecule has 4 rings (SSSR count). The average Bonchev–Trinajstić information content (AvgIpc) is 3.22. The minimum atomic E-state index is -0.386. The van der Waals surface area contributed by atoms with Crippen molar-refractivity contribution in [2.45, 2.75) is 82.8 Å². The Morgan fingerprint density at radius 2 is 1.64 bits per heavy atom. The first-order valence-electron chi connectivity index (χ1n) is 13.1. The maximum absolute atomic E-state index is 13.9. The van der Waals surface area contributed by atoms with Crippen LogP contribution >= 0.6 is 0 Å². The fraction of sp³-hybridized carbons (Fsp3) is 0.704. The molecular weight excluding hydrogens is 412 g/mol. The second-order valence-corrected chi connectivity index (χ2v) is 10.3. The van der Waals surface area contributed by atoms with Gasteiger partial charge in [0.05, 0.1) is 6.04 Å². The maximum atomic E-state index is 13.9. The van der Waals surface area contributed by atoms with E-state index >= 15 is 0 Å². The SMILES string of the molecule is CN[C@@H](C)C(=O)N[C@H](C(=O)N1CCC[C@H]1CN1CCc2ccccc2CC1)C1CCCCC1. The van der Waals surface area contributed by atoms with Crippen molar-refractivity contribution in [3.8, 4) is 0 Å². The van der Waals surface area contributed by atoms with Crippen LogP contribution in [0, 0.1) is 5.92 Å². The predicted molar refractivity (Wildman–Crippen MR) is 132 cm³/mol. The average molecular weight is 455 g/mol. The van der Waals surface area contributed by atoms with Crippen LogP contribution in [0.2, 0.25) is 0 Å². The quantitative estimate of drug-likeness (QED) is 0.665. The highest BCUT2D eigenvalue weighted by Crippen LogP contribution is 2.30. The van der Waals surface area contributed by atoms with E-state index in [-0.39, 0.29) is 35.9 Å². The minimum Gasteiger partial charge on any atom is -0.343 e. The number of hydrogen-bond acceptors (Lipinski definition) is 4. The summed E-state index contributed by atoms with van der Waals surface area (Å²) in [6.45, 7) is 5.72. The number of amides is 2. The monoisotopic (exact) mass is 454 g/mol. The number of likely N-dealkylation sites (N-methyl/N-ethyl adjacent to an activating group) is 1. The number of nitrogens with one attached hydrogen (secondary N) is 2. The standard InChI is InChI=1S/C27H42N4O2/c1-20(28-2)26(32)29-25(23-11-4-3-5-12-23)27(33)31-16-8-13-24(31)19-30-17-14-21-9-6-7-10-22(21)15-18-30/h6-7,9-10,20,23-25,28H,3-5,8,11-19H2,1-2H3,(H,29,32)/t20-,24-,25-/m0/s1. The lowest BCUT2D eigenvalue weighted by atomic mass is 9.83. The summed E-state index contributed by atoms with van der Waals surface area (Å²) in [5.41, 5.74) is 2.94. The Kier molecular flexibility index (Phi) is 8.42. The van der Waals surface area contributed by atoms with Gasteiger partial charge in [0.2, 0.25) is 11.8 Å². The molecule has 1 saturated heterocycles. The van der Waals surface area contributed by atoms with Crippen molar-refractivity contribution in [3.63, 3.8) is 0 Å².